The average Bonchev–Trinajstić information content (AvgIpc) is 3.16. The lowest BCUT2D eigenvalue weighted by Crippen LogP contribution is -2.35. The lowest BCUT2D eigenvalue weighted by atomic mass is 10.1. The van der Waals surface area contributed by atoms with Gasteiger partial charge in [0.05, 0.1) is 22.3 Å². The third-order valence-corrected chi connectivity index (χ3v) is 6.73. The molecule has 0 radical (unpaired) electrons. The molecule has 0 saturated heterocycles. The van der Waals surface area contributed by atoms with Crippen molar-refractivity contribution < 1.29 is 13.5 Å². The van der Waals surface area contributed by atoms with Crippen molar-refractivity contribution in [2.75, 3.05) is 6.61 Å². The second kappa shape index (κ2) is 5.19. The highest BCUT2D eigenvalue weighted by molar-refractivity contribution is 7.92. The summed E-state index contributed by atoms with van der Waals surface area (Å²) in [7, 11) is -3.58. The molecule has 4 nitrogen and oxygen atoms in total. The second-order valence-electron chi connectivity index (χ2n) is 5.94. The molecule has 2 aromatic rings. The van der Waals surface area contributed by atoms with E-state index in [-0.39, 0.29) is 17.4 Å². The summed E-state index contributed by atoms with van der Waals surface area (Å²) in [5.41, 5.74) is 6.91. The van der Waals surface area contributed by atoms with Crippen molar-refractivity contribution in [3.63, 3.8) is 0 Å². The van der Waals surface area contributed by atoms with E-state index in [4.69, 9.17) is 5.73 Å². The Morgan fingerprint density at radius 3 is 2.23 bits per heavy atom. The molecule has 3 atom stereocenters. The van der Waals surface area contributed by atoms with E-state index in [0.29, 0.717) is 0 Å². The number of rotatable bonds is 4. The summed E-state index contributed by atoms with van der Waals surface area (Å²) in [5.74, 6) is -0.384. The van der Waals surface area contributed by atoms with Crippen LogP contribution in [0, 0.1) is 6.92 Å². The monoisotopic (exact) mass is 317 g/mol. The van der Waals surface area contributed by atoms with E-state index < -0.39 is 20.6 Å². The van der Waals surface area contributed by atoms with Crippen LogP contribution >= 0.6 is 0 Å². The van der Waals surface area contributed by atoms with Crippen molar-refractivity contribution in [3.8, 4) is 0 Å². The summed E-state index contributed by atoms with van der Waals surface area (Å²) in [6.45, 7) is 1.55. The van der Waals surface area contributed by atoms with Crippen LogP contribution in [0.2, 0.25) is 0 Å². The van der Waals surface area contributed by atoms with E-state index in [0.717, 1.165) is 11.1 Å². The molecular weight excluding hydrogens is 298 g/mol. The van der Waals surface area contributed by atoms with E-state index in [2.05, 4.69) is 0 Å². The molecule has 3 N–H and O–H groups in total. The van der Waals surface area contributed by atoms with Crippen molar-refractivity contribution in [2.24, 2.45) is 5.73 Å². The second-order valence-corrected chi connectivity index (χ2v) is 8.01. The maximum Gasteiger partial charge on any atom is 0.183 e. The Kier molecular flexibility index (Phi) is 3.59. The summed E-state index contributed by atoms with van der Waals surface area (Å²) in [6, 6.07) is 16.0. The fourth-order valence-corrected chi connectivity index (χ4v) is 5.40. The minimum absolute atomic E-state index is 0.254. The molecule has 116 valence electrons. The molecule has 0 amide bonds. The molecule has 5 heteroatoms. The summed E-state index contributed by atoms with van der Waals surface area (Å²) in [5, 5.41) is 8.84. The fourth-order valence-electron chi connectivity index (χ4n) is 3.10. The zero-order chi connectivity index (χ0) is 16.0. The van der Waals surface area contributed by atoms with Gasteiger partial charge in [0, 0.05) is 5.92 Å². The summed E-state index contributed by atoms with van der Waals surface area (Å²) >= 11 is 0. The topological polar surface area (TPSA) is 80.4 Å². The van der Waals surface area contributed by atoms with Gasteiger partial charge in [-0.15, -0.1) is 0 Å². The van der Waals surface area contributed by atoms with Crippen LogP contribution in [0.25, 0.3) is 0 Å². The molecule has 1 aliphatic rings. The van der Waals surface area contributed by atoms with Crippen LogP contribution in [0.1, 0.15) is 17.0 Å². The van der Waals surface area contributed by atoms with Crippen LogP contribution < -0.4 is 5.73 Å². The lowest BCUT2D eigenvalue weighted by molar-refractivity contribution is 0.253. The number of hydrogen-bond donors (Lipinski definition) is 2. The van der Waals surface area contributed by atoms with Crippen molar-refractivity contribution >= 4 is 9.84 Å². The molecule has 1 saturated carbocycles. The van der Waals surface area contributed by atoms with E-state index >= 15 is 0 Å². The Labute approximate surface area is 130 Å². The first-order chi connectivity index (χ1) is 10.4. The largest absolute Gasteiger partial charge is 0.394 e. The molecule has 3 rings (SSSR count). The van der Waals surface area contributed by atoms with Gasteiger partial charge in [-0.2, -0.15) is 0 Å². The highest BCUT2D eigenvalue weighted by Crippen LogP contribution is 2.55. The molecule has 0 aromatic heterocycles. The van der Waals surface area contributed by atoms with E-state index in [1.807, 2.05) is 37.3 Å². The van der Waals surface area contributed by atoms with Gasteiger partial charge in [-0.25, -0.2) is 8.42 Å². The maximum atomic E-state index is 12.9. The Bertz CT molecular complexity index is 771. The van der Waals surface area contributed by atoms with Crippen molar-refractivity contribution in [3.05, 3.63) is 65.7 Å². The Balaban J connectivity index is 2.01. The molecular formula is C17H19NO3S. The first-order valence-electron chi connectivity index (χ1n) is 7.16. The van der Waals surface area contributed by atoms with Crippen LogP contribution in [0.15, 0.2) is 59.5 Å². The van der Waals surface area contributed by atoms with E-state index in [9.17, 15) is 13.5 Å². The summed E-state index contributed by atoms with van der Waals surface area (Å²) < 4.78 is 25.7. The van der Waals surface area contributed by atoms with E-state index in [1.165, 1.54) is 0 Å². The van der Waals surface area contributed by atoms with Gasteiger partial charge in [0.15, 0.2) is 9.84 Å². The van der Waals surface area contributed by atoms with Crippen LogP contribution in [0.5, 0.6) is 0 Å². The normalized spacial score (nSPS) is 27.6. The van der Waals surface area contributed by atoms with Gasteiger partial charge in [-0.05, 0) is 24.6 Å². The molecule has 0 aliphatic heterocycles. The number of benzene rings is 2. The van der Waals surface area contributed by atoms with Gasteiger partial charge >= 0.3 is 0 Å². The van der Waals surface area contributed by atoms with Gasteiger partial charge in [-0.1, -0.05) is 48.0 Å². The first-order valence-corrected chi connectivity index (χ1v) is 8.71. The highest BCUT2D eigenvalue weighted by Gasteiger charge is 2.68. The number of aliphatic hydroxyl groups is 1. The Morgan fingerprint density at radius 2 is 1.68 bits per heavy atom. The molecule has 1 fully saturated rings. The maximum absolute atomic E-state index is 12.9. The zero-order valence-corrected chi connectivity index (χ0v) is 13.1. The fraction of sp³-hybridized carbons (Fsp3) is 0.294. The third-order valence-electron chi connectivity index (χ3n) is 4.42. The molecule has 22 heavy (non-hydrogen) atoms. The third kappa shape index (κ3) is 2.26. The summed E-state index contributed by atoms with van der Waals surface area (Å²) in [4.78, 5) is 0.254. The van der Waals surface area contributed by atoms with Gasteiger partial charge in [0.2, 0.25) is 0 Å². The van der Waals surface area contributed by atoms with Crippen LogP contribution in [-0.4, -0.2) is 30.9 Å². The van der Waals surface area contributed by atoms with Crippen LogP contribution in [-0.2, 0) is 9.84 Å². The number of aryl methyl sites for hydroxylation is 1. The number of aliphatic hydroxyl groups excluding tert-OH is 1. The minimum atomic E-state index is -3.58. The smallest absolute Gasteiger partial charge is 0.183 e. The Hall–Kier alpha value is -1.69. The summed E-state index contributed by atoms with van der Waals surface area (Å²) in [6.07, 6.45) is 0. The minimum Gasteiger partial charge on any atom is -0.394 e. The molecule has 2 aromatic carbocycles. The predicted octanol–water partition coefficient (Wildman–Crippen LogP) is 1.62. The van der Waals surface area contributed by atoms with E-state index in [1.54, 1.807) is 24.3 Å². The SMILES string of the molecule is Cc1ccc(S(=O)(=O)[C@@H]2[C@H](c3ccccc3)[C@@]2(N)CO)cc1. The average molecular weight is 317 g/mol. The highest BCUT2D eigenvalue weighted by atomic mass is 32.2. The number of hydrogen-bond acceptors (Lipinski definition) is 4. The molecule has 0 unspecified atom stereocenters. The van der Waals surface area contributed by atoms with Crippen LogP contribution in [0.4, 0.5) is 0 Å². The lowest BCUT2D eigenvalue weighted by Gasteiger charge is -2.08. The van der Waals surface area contributed by atoms with Crippen molar-refractivity contribution in [1.29, 1.82) is 0 Å². The molecule has 0 spiro atoms. The van der Waals surface area contributed by atoms with Gasteiger partial charge < -0.3 is 10.8 Å². The van der Waals surface area contributed by atoms with Crippen molar-refractivity contribution in [2.45, 2.75) is 28.5 Å². The molecule has 1 aliphatic carbocycles. The molecule has 0 bridgehead atoms. The van der Waals surface area contributed by atoms with Crippen molar-refractivity contribution in [1.82, 2.24) is 0 Å². The first kappa shape index (κ1) is 15.2. The molecule has 0 heterocycles. The van der Waals surface area contributed by atoms with Gasteiger partial charge in [0.1, 0.15) is 0 Å². The van der Waals surface area contributed by atoms with Crippen LogP contribution in [0.3, 0.4) is 0 Å². The zero-order valence-electron chi connectivity index (χ0n) is 12.3. The van der Waals surface area contributed by atoms with Gasteiger partial charge in [0.25, 0.3) is 0 Å². The van der Waals surface area contributed by atoms with Gasteiger partial charge in [-0.3, -0.25) is 0 Å². The number of sulfone groups is 1. The quantitative estimate of drug-likeness (QED) is 0.898. The number of nitrogens with two attached hydrogens (primary N) is 1. The Morgan fingerprint density at radius 1 is 1.09 bits per heavy atom. The standard InChI is InChI=1S/C17H19NO3S/c1-12-7-9-14(10-8-12)22(20,21)16-15(17(16,18)11-19)13-5-3-2-4-6-13/h2-10,15-16,19H,11,18H2,1H3/t15-,16+,17-/m0/s1. The predicted molar refractivity (Wildman–Crippen MR) is 85.3 cm³/mol.